The summed E-state index contributed by atoms with van der Waals surface area (Å²) in [5.74, 6) is 0.701. The predicted molar refractivity (Wildman–Crippen MR) is 78.9 cm³/mol. The Labute approximate surface area is 122 Å². The summed E-state index contributed by atoms with van der Waals surface area (Å²) in [6.07, 6.45) is 3.84. The highest BCUT2D eigenvalue weighted by molar-refractivity contribution is 5.78. The second-order valence-electron chi connectivity index (χ2n) is 5.06. The minimum absolute atomic E-state index is 0.0437. The molecule has 0 unspecified atom stereocenters. The normalized spacial score (nSPS) is 11.0. The molecule has 21 heavy (non-hydrogen) atoms. The number of carbonyl (C=O) groups is 1. The molecule has 108 valence electrons. The third-order valence-electron chi connectivity index (χ3n) is 3.51. The van der Waals surface area contributed by atoms with Crippen molar-refractivity contribution in [1.29, 1.82) is 0 Å². The number of nitrogens with zero attached hydrogens (tertiary/aromatic N) is 2. The number of aromatic nitrogens is 2. The second-order valence-corrected chi connectivity index (χ2v) is 5.06. The van der Waals surface area contributed by atoms with Crippen LogP contribution in [-0.4, -0.2) is 15.3 Å². The maximum atomic E-state index is 12.1. The fraction of sp³-hybridized carbons (Fsp3) is 0.250. The minimum Gasteiger partial charge on any atom is -0.467 e. The number of carbonyl (C=O) groups excluding carboxylic acids is 1. The first-order chi connectivity index (χ1) is 10.1. The van der Waals surface area contributed by atoms with Crippen LogP contribution in [0, 0.1) is 13.8 Å². The number of pyridine rings is 1. The molecule has 5 heteroatoms. The first kappa shape index (κ1) is 13.4. The molecule has 3 aromatic heterocycles. The van der Waals surface area contributed by atoms with Gasteiger partial charge < -0.3 is 14.1 Å². The third-order valence-corrected chi connectivity index (χ3v) is 3.51. The summed E-state index contributed by atoms with van der Waals surface area (Å²) in [6.45, 7) is 4.35. The van der Waals surface area contributed by atoms with Gasteiger partial charge in [0, 0.05) is 6.20 Å². The van der Waals surface area contributed by atoms with E-state index in [0.717, 1.165) is 28.4 Å². The van der Waals surface area contributed by atoms with Crippen molar-refractivity contribution in [3.05, 3.63) is 59.4 Å². The molecule has 3 aromatic rings. The van der Waals surface area contributed by atoms with Crippen LogP contribution in [0.5, 0.6) is 0 Å². The Balaban J connectivity index is 1.77. The summed E-state index contributed by atoms with van der Waals surface area (Å²) in [5.41, 5.74) is 3.81. The van der Waals surface area contributed by atoms with Gasteiger partial charge in [-0.05, 0) is 37.6 Å². The zero-order valence-corrected chi connectivity index (χ0v) is 12.1. The van der Waals surface area contributed by atoms with Crippen molar-refractivity contribution >= 4 is 11.6 Å². The highest BCUT2D eigenvalue weighted by atomic mass is 16.3. The first-order valence-electron chi connectivity index (χ1n) is 6.87. The Hall–Kier alpha value is -2.56. The van der Waals surface area contributed by atoms with Crippen molar-refractivity contribution in [2.75, 3.05) is 0 Å². The van der Waals surface area contributed by atoms with Crippen molar-refractivity contribution in [1.82, 2.24) is 14.7 Å². The Morgan fingerprint density at radius 3 is 2.95 bits per heavy atom. The fourth-order valence-electron chi connectivity index (χ4n) is 2.39. The van der Waals surface area contributed by atoms with E-state index in [2.05, 4.69) is 10.3 Å². The molecular formula is C16H17N3O2. The van der Waals surface area contributed by atoms with Gasteiger partial charge >= 0.3 is 0 Å². The monoisotopic (exact) mass is 283 g/mol. The Morgan fingerprint density at radius 1 is 1.33 bits per heavy atom. The zero-order chi connectivity index (χ0) is 14.8. The lowest BCUT2D eigenvalue weighted by atomic mass is 10.2. The molecule has 0 saturated carbocycles. The minimum atomic E-state index is -0.0437. The molecule has 0 saturated heterocycles. The molecule has 0 aliphatic heterocycles. The number of imidazole rings is 1. The lowest BCUT2D eigenvalue weighted by Crippen LogP contribution is -2.25. The van der Waals surface area contributed by atoms with Gasteiger partial charge in [-0.1, -0.05) is 6.07 Å². The third kappa shape index (κ3) is 2.67. The summed E-state index contributed by atoms with van der Waals surface area (Å²) < 4.78 is 7.18. The Bertz CT molecular complexity index is 772. The van der Waals surface area contributed by atoms with Crippen LogP contribution in [0.25, 0.3) is 5.65 Å². The molecule has 3 heterocycles. The van der Waals surface area contributed by atoms with Crippen LogP contribution in [0.4, 0.5) is 0 Å². The van der Waals surface area contributed by atoms with Crippen molar-refractivity contribution < 1.29 is 9.21 Å². The van der Waals surface area contributed by atoms with E-state index in [4.69, 9.17) is 4.42 Å². The standard InChI is InChI=1S/C16H17N3O2/c1-11-5-3-7-19-14(12(2)18-16(11)19)9-15(20)17-10-13-6-4-8-21-13/h3-8H,9-10H2,1-2H3,(H,17,20). The molecular weight excluding hydrogens is 266 g/mol. The Kier molecular flexibility index (Phi) is 3.48. The predicted octanol–water partition coefficient (Wildman–Crippen LogP) is 2.40. The van der Waals surface area contributed by atoms with Crippen LogP contribution < -0.4 is 5.32 Å². The van der Waals surface area contributed by atoms with E-state index >= 15 is 0 Å². The molecule has 0 aromatic carbocycles. The number of aryl methyl sites for hydroxylation is 2. The summed E-state index contributed by atoms with van der Waals surface area (Å²) in [6, 6.07) is 7.62. The van der Waals surface area contributed by atoms with E-state index in [0.29, 0.717) is 13.0 Å². The summed E-state index contributed by atoms with van der Waals surface area (Å²) in [4.78, 5) is 16.6. The van der Waals surface area contributed by atoms with Gasteiger partial charge in [0.05, 0.1) is 30.6 Å². The average Bonchev–Trinajstić information content (AvgIpc) is 3.07. The van der Waals surface area contributed by atoms with Gasteiger partial charge in [-0.15, -0.1) is 0 Å². The molecule has 0 aliphatic rings. The van der Waals surface area contributed by atoms with Crippen LogP contribution in [0.2, 0.25) is 0 Å². The molecule has 0 fully saturated rings. The first-order valence-corrected chi connectivity index (χ1v) is 6.87. The maximum absolute atomic E-state index is 12.1. The van der Waals surface area contributed by atoms with E-state index in [1.807, 2.05) is 42.6 Å². The van der Waals surface area contributed by atoms with E-state index in [-0.39, 0.29) is 5.91 Å². The van der Waals surface area contributed by atoms with Crippen LogP contribution >= 0.6 is 0 Å². The largest absolute Gasteiger partial charge is 0.467 e. The molecule has 0 bridgehead atoms. The van der Waals surface area contributed by atoms with E-state index in [9.17, 15) is 4.79 Å². The molecule has 0 atom stereocenters. The highest BCUT2D eigenvalue weighted by Crippen LogP contribution is 2.15. The average molecular weight is 283 g/mol. The van der Waals surface area contributed by atoms with Gasteiger partial charge in [0.2, 0.25) is 5.91 Å². The van der Waals surface area contributed by atoms with Crippen molar-refractivity contribution in [3.63, 3.8) is 0 Å². The lowest BCUT2D eigenvalue weighted by Gasteiger charge is -2.05. The number of furan rings is 1. The second kappa shape index (κ2) is 5.44. The number of rotatable bonds is 4. The highest BCUT2D eigenvalue weighted by Gasteiger charge is 2.13. The molecule has 5 nitrogen and oxygen atoms in total. The molecule has 0 aliphatic carbocycles. The maximum Gasteiger partial charge on any atom is 0.226 e. The molecule has 0 radical (unpaired) electrons. The summed E-state index contributed by atoms with van der Waals surface area (Å²) in [5, 5.41) is 2.86. The van der Waals surface area contributed by atoms with Crippen LogP contribution in [0.1, 0.15) is 22.7 Å². The van der Waals surface area contributed by atoms with Gasteiger partial charge in [0.15, 0.2) is 0 Å². The van der Waals surface area contributed by atoms with Crippen molar-refractivity contribution in [2.24, 2.45) is 0 Å². The van der Waals surface area contributed by atoms with E-state index < -0.39 is 0 Å². The molecule has 0 spiro atoms. The molecule has 3 rings (SSSR count). The summed E-state index contributed by atoms with van der Waals surface area (Å²) >= 11 is 0. The number of hydrogen-bond donors (Lipinski definition) is 1. The van der Waals surface area contributed by atoms with E-state index in [1.165, 1.54) is 0 Å². The quantitative estimate of drug-likeness (QED) is 0.800. The van der Waals surface area contributed by atoms with E-state index in [1.54, 1.807) is 12.3 Å². The number of amides is 1. The summed E-state index contributed by atoms with van der Waals surface area (Å²) in [7, 11) is 0. The smallest absolute Gasteiger partial charge is 0.226 e. The fourth-order valence-corrected chi connectivity index (χ4v) is 2.39. The molecule has 1 amide bonds. The van der Waals surface area contributed by atoms with Gasteiger partial charge in [0.25, 0.3) is 0 Å². The Morgan fingerprint density at radius 2 is 2.19 bits per heavy atom. The van der Waals surface area contributed by atoms with Crippen molar-refractivity contribution in [3.8, 4) is 0 Å². The number of fused-ring (bicyclic) bond motifs is 1. The van der Waals surface area contributed by atoms with Gasteiger partial charge in [-0.3, -0.25) is 4.79 Å². The van der Waals surface area contributed by atoms with Crippen molar-refractivity contribution in [2.45, 2.75) is 26.8 Å². The SMILES string of the molecule is Cc1nc2c(C)cccn2c1CC(=O)NCc1ccco1. The number of hydrogen-bond acceptors (Lipinski definition) is 3. The van der Waals surface area contributed by atoms with Crippen LogP contribution in [-0.2, 0) is 17.8 Å². The molecule has 1 N–H and O–H groups in total. The van der Waals surface area contributed by atoms with Gasteiger partial charge in [-0.2, -0.15) is 0 Å². The number of nitrogens with one attached hydrogen (secondary N) is 1. The zero-order valence-electron chi connectivity index (χ0n) is 12.1. The topological polar surface area (TPSA) is 59.5 Å². The van der Waals surface area contributed by atoms with Crippen LogP contribution in [0.3, 0.4) is 0 Å². The van der Waals surface area contributed by atoms with Gasteiger partial charge in [-0.25, -0.2) is 4.98 Å². The lowest BCUT2D eigenvalue weighted by molar-refractivity contribution is -0.120. The van der Waals surface area contributed by atoms with Gasteiger partial charge in [0.1, 0.15) is 11.4 Å². The van der Waals surface area contributed by atoms with Crippen LogP contribution in [0.15, 0.2) is 41.1 Å².